The molecule has 1 aliphatic heterocycles. The molecule has 1 N–H and O–H groups in total. The number of alkyl halides is 3. The van der Waals surface area contributed by atoms with Crippen LogP contribution in [0.2, 0.25) is 0 Å². The molecule has 6 heteroatoms. The average molecular weight is 283 g/mol. The first-order valence-corrected chi connectivity index (χ1v) is 6.12. The molecule has 0 aliphatic carbocycles. The van der Waals surface area contributed by atoms with E-state index in [2.05, 4.69) is 5.32 Å². The van der Waals surface area contributed by atoms with E-state index in [1.165, 1.54) is 0 Å². The zero-order valence-electron chi connectivity index (χ0n) is 7.34. The maximum Gasteiger partial charge on any atom is 0.246 e. The summed E-state index contributed by atoms with van der Waals surface area (Å²) >= 11 is 19.0. The largest absolute Gasteiger partial charge is 0.324 e. The summed E-state index contributed by atoms with van der Waals surface area (Å²) in [6.45, 7) is 0. The molecule has 15 heavy (non-hydrogen) atoms. The molecular formula is C9H6Cl3NOS. The van der Waals surface area contributed by atoms with Crippen LogP contribution in [0.25, 0.3) is 0 Å². The lowest BCUT2D eigenvalue weighted by Crippen LogP contribution is -2.33. The van der Waals surface area contributed by atoms with Crippen LogP contribution in [-0.2, 0) is 4.79 Å². The summed E-state index contributed by atoms with van der Waals surface area (Å²) in [5.41, 5.74) is 0.682. The number of hydrogen-bond acceptors (Lipinski definition) is 2. The van der Waals surface area contributed by atoms with Crippen LogP contribution in [0.1, 0.15) is 0 Å². The molecule has 0 radical (unpaired) electrons. The second kappa shape index (κ2) is 4.06. The van der Waals surface area contributed by atoms with E-state index in [-0.39, 0.29) is 5.91 Å². The van der Waals surface area contributed by atoms with Crippen molar-refractivity contribution in [3.63, 3.8) is 0 Å². The van der Waals surface area contributed by atoms with Gasteiger partial charge in [-0.15, -0.1) is 11.6 Å². The maximum atomic E-state index is 11.6. The van der Waals surface area contributed by atoms with Crippen molar-refractivity contribution in [1.29, 1.82) is 0 Å². The van der Waals surface area contributed by atoms with Gasteiger partial charge in [-0.05, 0) is 12.1 Å². The normalized spacial score (nSPS) is 23.9. The van der Waals surface area contributed by atoms with E-state index in [4.69, 9.17) is 34.8 Å². The highest BCUT2D eigenvalue weighted by molar-refractivity contribution is 8.03. The number of nitrogens with one attached hydrogen (secondary N) is 1. The highest BCUT2D eigenvalue weighted by atomic mass is 35.5. The summed E-state index contributed by atoms with van der Waals surface area (Å²) < 4.78 is -1.35. The van der Waals surface area contributed by atoms with Crippen LogP contribution in [0.15, 0.2) is 29.2 Å². The van der Waals surface area contributed by atoms with Gasteiger partial charge in [-0.25, -0.2) is 0 Å². The van der Waals surface area contributed by atoms with Crippen molar-refractivity contribution in [3.8, 4) is 0 Å². The summed E-state index contributed by atoms with van der Waals surface area (Å²) in [6, 6.07) is 7.27. The van der Waals surface area contributed by atoms with Crippen LogP contribution < -0.4 is 5.32 Å². The summed E-state index contributed by atoms with van der Waals surface area (Å²) in [7, 11) is 0. The monoisotopic (exact) mass is 281 g/mol. The molecule has 1 heterocycles. The Morgan fingerprint density at radius 2 is 2.00 bits per heavy atom. The minimum Gasteiger partial charge on any atom is -0.324 e. The minimum atomic E-state index is -1.35. The Morgan fingerprint density at radius 1 is 1.33 bits per heavy atom. The lowest BCUT2D eigenvalue weighted by Gasteiger charge is -2.19. The Labute approximate surface area is 106 Å². The number of carbonyl (C=O) groups excluding carboxylic acids is 1. The maximum absolute atomic E-state index is 11.6. The number of para-hydroxylation sites is 1. The molecule has 1 amide bonds. The third-order valence-electron chi connectivity index (χ3n) is 1.92. The van der Waals surface area contributed by atoms with Crippen LogP contribution in [-0.4, -0.2) is 14.9 Å². The van der Waals surface area contributed by atoms with E-state index in [9.17, 15) is 4.79 Å². The molecule has 1 aromatic rings. The summed E-state index contributed by atoms with van der Waals surface area (Å²) in [5.74, 6) is -0.390. The average Bonchev–Trinajstić information content (AvgIpc) is 2.26. The van der Waals surface area contributed by atoms with Gasteiger partial charge in [-0.2, -0.15) is 0 Å². The lowest BCUT2D eigenvalue weighted by molar-refractivity contribution is -0.115. The van der Waals surface area contributed by atoms with Gasteiger partial charge in [0.1, 0.15) is 0 Å². The van der Waals surface area contributed by atoms with Crippen molar-refractivity contribution in [1.82, 2.24) is 0 Å². The number of amides is 1. The first kappa shape index (κ1) is 11.4. The van der Waals surface area contributed by atoms with Crippen molar-refractivity contribution in [3.05, 3.63) is 24.3 Å². The van der Waals surface area contributed by atoms with E-state index in [0.717, 1.165) is 16.7 Å². The summed E-state index contributed by atoms with van der Waals surface area (Å²) in [5, 5.41) is 1.68. The van der Waals surface area contributed by atoms with Gasteiger partial charge in [0.05, 0.1) is 5.69 Å². The molecular weight excluding hydrogens is 277 g/mol. The summed E-state index contributed by atoms with van der Waals surface area (Å²) in [4.78, 5) is 12.4. The van der Waals surface area contributed by atoms with Crippen molar-refractivity contribution >= 4 is 58.2 Å². The van der Waals surface area contributed by atoms with E-state index >= 15 is 0 Å². The zero-order valence-corrected chi connectivity index (χ0v) is 10.4. The number of carbonyl (C=O) groups is 1. The fraction of sp³-hybridized carbons (Fsp3) is 0.222. The topological polar surface area (TPSA) is 29.1 Å². The van der Waals surface area contributed by atoms with Gasteiger partial charge < -0.3 is 5.32 Å². The Kier molecular flexibility index (Phi) is 3.08. The van der Waals surface area contributed by atoms with Gasteiger partial charge in [-0.1, -0.05) is 47.1 Å². The third-order valence-corrected chi connectivity index (χ3v) is 4.78. The third kappa shape index (κ3) is 2.21. The number of benzene rings is 1. The van der Waals surface area contributed by atoms with E-state index in [1.54, 1.807) is 6.07 Å². The molecule has 1 unspecified atom stereocenters. The standard InChI is InChI=1S/C9H6Cl3NOS/c10-7-8(14)13-5-3-1-2-4-6(5)15-9(7,11)12/h1-4,7H,(H,13,14). The second-order valence-electron chi connectivity index (χ2n) is 3.01. The fourth-order valence-corrected chi connectivity index (χ4v) is 2.97. The Morgan fingerprint density at radius 3 is 2.73 bits per heavy atom. The van der Waals surface area contributed by atoms with Crippen LogP contribution in [0.5, 0.6) is 0 Å². The van der Waals surface area contributed by atoms with Crippen molar-refractivity contribution < 1.29 is 4.79 Å². The van der Waals surface area contributed by atoms with E-state index < -0.39 is 9.04 Å². The molecule has 0 bridgehead atoms. The molecule has 2 rings (SSSR count). The van der Waals surface area contributed by atoms with E-state index in [0.29, 0.717) is 5.69 Å². The Balaban J connectivity index is 2.46. The van der Waals surface area contributed by atoms with Crippen LogP contribution in [0.3, 0.4) is 0 Å². The molecule has 2 nitrogen and oxygen atoms in total. The minimum absolute atomic E-state index is 0.390. The van der Waals surface area contributed by atoms with E-state index in [1.807, 2.05) is 18.2 Å². The molecule has 1 aliphatic rings. The van der Waals surface area contributed by atoms with Crippen LogP contribution >= 0.6 is 46.6 Å². The lowest BCUT2D eigenvalue weighted by atomic mass is 10.3. The number of fused-ring (bicyclic) bond motifs is 1. The number of halogens is 3. The predicted molar refractivity (Wildman–Crippen MR) is 65.0 cm³/mol. The number of hydrogen-bond donors (Lipinski definition) is 1. The SMILES string of the molecule is O=C1Nc2ccccc2SC(Cl)(Cl)C1Cl. The predicted octanol–water partition coefficient (Wildman–Crippen LogP) is 3.47. The molecule has 0 spiro atoms. The fourth-order valence-electron chi connectivity index (χ4n) is 1.21. The molecule has 1 aromatic carbocycles. The van der Waals surface area contributed by atoms with Gasteiger partial charge >= 0.3 is 0 Å². The molecule has 0 saturated heterocycles. The van der Waals surface area contributed by atoms with Crippen LogP contribution in [0, 0.1) is 0 Å². The van der Waals surface area contributed by atoms with Gasteiger partial charge in [0.15, 0.2) is 9.04 Å². The van der Waals surface area contributed by atoms with Gasteiger partial charge in [0, 0.05) is 4.90 Å². The Bertz CT molecular complexity index is 410. The number of anilines is 1. The second-order valence-corrected chi connectivity index (χ2v) is 6.57. The Hall–Kier alpha value is -0.0900. The van der Waals surface area contributed by atoms with Gasteiger partial charge in [0.25, 0.3) is 0 Å². The van der Waals surface area contributed by atoms with Gasteiger partial charge in [-0.3, -0.25) is 4.79 Å². The van der Waals surface area contributed by atoms with Crippen molar-refractivity contribution in [2.75, 3.05) is 5.32 Å². The highest BCUT2D eigenvalue weighted by Gasteiger charge is 2.42. The molecule has 0 aromatic heterocycles. The summed E-state index contributed by atoms with van der Waals surface area (Å²) in [6.07, 6.45) is 0. The molecule has 0 fully saturated rings. The van der Waals surface area contributed by atoms with Crippen molar-refractivity contribution in [2.24, 2.45) is 0 Å². The van der Waals surface area contributed by atoms with Crippen LogP contribution in [0.4, 0.5) is 5.69 Å². The number of thioether (sulfide) groups is 1. The smallest absolute Gasteiger partial charge is 0.246 e. The first-order chi connectivity index (χ1) is 7.00. The quantitative estimate of drug-likeness (QED) is 0.738. The first-order valence-electron chi connectivity index (χ1n) is 4.11. The molecule has 1 atom stereocenters. The highest BCUT2D eigenvalue weighted by Crippen LogP contribution is 2.49. The molecule has 80 valence electrons. The van der Waals surface area contributed by atoms with Gasteiger partial charge in [0.2, 0.25) is 5.91 Å². The van der Waals surface area contributed by atoms with Crippen molar-refractivity contribution in [2.45, 2.75) is 13.9 Å². The molecule has 0 saturated carbocycles. The number of rotatable bonds is 0. The zero-order chi connectivity index (χ0) is 11.1.